The Morgan fingerprint density at radius 1 is 0.235 bits per heavy atom. The fourth-order valence-corrected chi connectivity index (χ4v) is 70.9. The molecule has 0 N–H and O–H groups in total. The molecule has 720 valence electrons. The zero-order chi connectivity index (χ0) is 96.7. The molecule has 18 heterocycles. The molecule has 18 rings (SSSR count). The van der Waals surface area contributed by atoms with Crippen LogP contribution in [-0.2, 0) is 0 Å². The summed E-state index contributed by atoms with van der Waals surface area (Å²) in [5.74, 6) is -1.11. The van der Waals surface area contributed by atoms with Crippen LogP contribution >= 0.6 is 191 Å². The van der Waals surface area contributed by atoms with E-state index in [1.807, 2.05) is 65.7 Å². The van der Waals surface area contributed by atoms with Crippen LogP contribution in [0.4, 0.5) is 0 Å². The van der Waals surface area contributed by atoms with Gasteiger partial charge >= 0.3 is 285 Å². The number of halogens is 2. The second-order valence-electron chi connectivity index (χ2n) is 34.7. The standard InChI is InChI=1S/C23H19NO2S4.C18H14BrNO2S3.C18H15NO2S3.C10H10BrNO2S.C8H5S2.C5H5S.6C4H9.2Sn/c1-3-4-11-24-22(25)14-12-20(30-21(14)23(24)26)19-10-9-18(29-19)17-8-7-16(28-17)15-6-5-13(2)27-15;1-2-3-8-20-17(21)10-9-14(25-16(10)18(20)22)13-5-4-11(23-13)12-6-7-15(19)24-12;1-2-3-8-19-17(20)11-10-15(24-16(11)18(19)21)14-7-6-13(23-14)12-5-4-9-22-12;1-2-3-4-12-9(13)6-5-7(11)15-8(6)10(12)14;1-3-7(9-5-1)8-4-2-6-10-8;1-5-3-2-4-6-5;6*1-3-4-2;;/h5-10,12H,3-4,11H2,1-2H3;4-7,9H,2-3,8H2,1H3;4-7,9-10H,2-3,8H2,1H3;5H,2-4H2,1H3;1-5H;2-3H,1H3;6*1,3-4H2,2H3;;. The van der Waals surface area contributed by atoms with E-state index in [0.717, 1.165) is 88.2 Å². The minimum atomic E-state index is -2.19. The molecule has 8 amide bonds. The number of nitrogens with zero attached hydrogens (tertiary/aromatic N) is 4. The third-order valence-corrected chi connectivity index (χ3v) is 78.6. The molecule has 0 spiro atoms. The number of thiophene rings is 14. The quantitative estimate of drug-likeness (QED) is 0.0272. The van der Waals surface area contributed by atoms with Crippen molar-refractivity contribution in [1.29, 1.82) is 0 Å². The van der Waals surface area contributed by atoms with Gasteiger partial charge in [-0.05, 0) is 173 Å². The number of unbranched alkanes of at least 4 members (excludes halogenated alkanes) is 10. The van der Waals surface area contributed by atoms with E-state index < -0.39 is 36.8 Å². The van der Waals surface area contributed by atoms with Gasteiger partial charge in [-0.15, -0.1) is 125 Å². The van der Waals surface area contributed by atoms with Crippen LogP contribution in [-0.4, -0.2) is 130 Å². The van der Waals surface area contributed by atoms with E-state index in [-0.39, 0.29) is 47.3 Å². The van der Waals surface area contributed by atoms with Crippen LogP contribution in [0.3, 0.4) is 0 Å². The van der Waals surface area contributed by atoms with E-state index >= 15 is 0 Å². The van der Waals surface area contributed by atoms with Crippen LogP contribution < -0.4 is 5.79 Å². The fraction of sp³-hybridized carbons (Fsp3) is 0.396. The summed E-state index contributed by atoms with van der Waals surface area (Å²) in [5, 5.41) is 4.27. The van der Waals surface area contributed by atoms with Gasteiger partial charge in [0.15, 0.2) is 0 Å². The Morgan fingerprint density at radius 2 is 0.493 bits per heavy atom. The molecule has 0 radical (unpaired) electrons. The average molecular weight is 2430 g/mol. The molecule has 30 heteroatoms. The molecule has 14 aromatic rings. The summed E-state index contributed by atoms with van der Waals surface area (Å²) < 4.78 is 15.2. The number of carbonyl (C=O) groups excluding carboxylic acids is 8. The minimum absolute atomic E-state index is 0.130. The van der Waals surface area contributed by atoms with Gasteiger partial charge < -0.3 is 0 Å². The molecular weight excluding hydrogens is 2300 g/mol. The normalized spacial score (nSPS) is 13.3. The van der Waals surface area contributed by atoms with E-state index in [9.17, 15) is 38.4 Å². The number of hydrogen-bond acceptors (Lipinski definition) is 22. The van der Waals surface area contributed by atoms with Crippen LogP contribution in [0.2, 0.25) is 26.6 Å². The Balaban J connectivity index is 0.000000140. The molecule has 0 fully saturated rings. The van der Waals surface area contributed by atoms with Gasteiger partial charge in [-0.25, -0.2) is 0 Å². The number of rotatable bonds is 40. The molecule has 4 aliphatic rings. The van der Waals surface area contributed by atoms with Crippen LogP contribution in [0.5, 0.6) is 0 Å². The van der Waals surface area contributed by atoms with E-state index in [2.05, 4.69) is 251 Å². The van der Waals surface area contributed by atoms with Crippen molar-refractivity contribution in [3.8, 4) is 78.0 Å². The van der Waals surface area contributed by atoms with Crippen molar-refractivity contribution in [1.82, 2.24) is 19.6 Å². The third kappa shape index (κ3) is 26.4. The Bertz CT molecular complexity index is 6150. The predicted octanol–water partition coefficient (Wildman–Crippen LogP) is 36.2. The van der Waals surface area contributed by atoms with Crippen molar-refractivity contribution in [2.24, 2.45) is 0 Å². The molecule has 136 heavy (non-hydrogen) atoms. The number of imide groups is 4. The van der Waals surface area contributed by atoms with Crippen molar-refractivity contribution < 1.29 is 38.4 Å². The topological polar surface area (TPSA) is 150 Å². The van der Waals surface area contributed by atoms with Gasteiger partial charge in [0.1, 0.15) is 19.5 Å². The fourth-order valence-electron chi connectivity index (χ4n) is 17.0. The van der Waals surface area contributed by atoms with Crippen molar-refractivity contribution in [3.05, 3.63) is 215 Å². The van der Waals surface area contributed by atoms with Crippen molar-refractivity contribution >= 4 is 280 Å². The molecule has 0 aromatic carbocycles. The first-order valence-electron chi connectivity index (χ1n) is 48.0. The van der Waals surface area contributed by atoms with Gasteiger partial charge in [0.2, 0.25) is 0 Å². The Kier molecular flexibility index (Phi) is 41.7. The third-order valence-electron chi connectivity index (χ3n) is 24.7. The molecule has 12 nitrogen and oxygen atoms in total. The second-order valence-corrected chi connectivity index (χ2v) is 81.0. The Labute approximate surface area is 885 Å². The van der Waals surface area contributed by atoms with Gasteiger partial charge in [0.25, 0.3) is 47.3 Å². The first-order valence-corrected chi connectivity index (χ1v) is 76.1. The van der Waals surface area contributed by atoms with E-state index in [4.69, 9.17) is 0 Å². The molecule has 0 aliphatic carbocycles. The molecular formula is C106H122Br2N4O8S14Sn2. The number of carbonyl (C=O) groups is 8. The first kappa shape index (κ1) is 108. The number of amides is 8. The number of fused-ring (bicyclic) bond motifs is 4. The molecule has 0 bridgehead atoms. The van der Waals surface area contributed by atoms with Crippen LogP contribution in [0.1, 0.15) is 288 Å². The maximum absolute atomic E-state index is 12.6. The van der Waals surface area contributed by atoms with Gasteiger partial charge in [0, 0.05) is 99.3 Å². The van der Waals surface area contributed by atoms with Gasteiger partial charge in [-0.3, -0.25) is 58.0 Å². The predicted molar refractivity (Wildman–Crippen MR) is 607 cm³/mol. The van der Waals surface area contributed by atoms with E-state index in [0.29, 0.717) is 67.9 Å². The Morgan fingerprint density at radius 3 is 0.772 bits per heavy atom. The molecule has 0 saturated heterocycles. The van der Waals surface area contributed by atoms with Crippen molar-refractivity contribution in [2.75, 3.05) is 26.2 Å². The SMILES string of the molecule is CCCCN1C(=O)c2cc(-c3ccc(-c4ccc(-c5ccc(C)s5)s4)s3)sc2C1=O.CCCCN1C(=O)c2cc(-c3ccc(-c4ccc(Br)s4)s3)sc2C1=O.CCCCN1C(=O)c2cc(-c3ccc(-c4cccs4)s3)sc2C1=O.CCCCN1C(=O)c2cc(Br)sc2C1=O.CCC[CH2][Sn]([CH2]CCC)([CH2]CCC)[c]1ccc(-c2cccs2)s1.CCC[CH2][Sn]([CH2]CCC)([CH2]CCC)[c]1ccc(C)s1. The summed E-state index contributed by atoms with van der Waals surface area (Å²) in [7, 11) is 0. The molecule has 0 unspecified atom stereocenters. The number of aryl methyl sites for hydroxylation is 2. The van der Waals surface area contributed by atoms with Gasteiger partial charge in [0.05, 0.1) is 29.8 Å². The summed E-state index contributed by atoms with van der Waals surface area (Å²) in [6.45, 7) is 28.9. The van der Waals surface area contributed by atoms with Gasteiger partial charge in [-0.2, -0.15) is 0 Å². The average Bonchev–Trinajstić information content (AvgIpc) is 1.60. The maximum atomic E-state index is 12.6. The van der Waals surface area contributed by atoms with E-state index in [1.54, 1.807) is 101 Å². The van der Waals surface area contributed by atoms with Crippen LogP contribution in [0.25, 0.3) is 78.0 Å². The van der Waals surface area contributed by atoms with Crippen LogP contribution in [0.15, 0.2) is 164 Å². The summed E-state index contributed by atoms with van der Waals surface area (Å²) in [5.41, 5.74) is 2.25. The van der Waals surface area contributed by atoms with Crippen molar-refractivity contribution in [3.63, 3.8) is 0 Å². The molecule has 4 aliphatic heterocycles. The second kappa shape index (κ2) is 52.4. The first-order chi connectivity index (χ1) is 65.9. The monoisotopic (exact) mass is 2420 g/mol. The van der Waals surface area contributed by atoms with Gasteiger partial charge in [-0.1, -0.05) is 59.4 Å². The summed E-state index contributed by atoms with van der Waals surface area (Å²) in [6, 6.07) is 51.3. The number of hydrogen-bond donors (Lipinski definition) is 0. The van der Waals surface area contributed by atoms with Crippen molar-refractivity contribution in [2.45, 2.75) is 238 Å². The Hall–Kier alpha value is -5.08. The molecule has 0 atom stereocenters. The molecule has 0 saturated carbocycles. The zero-order valence-corrected chi connectivity index (χ0v) is 100. The summed E-state index contributed by atoms with van der Waals surface area (Å²) >= 11 is 26.5. The van der Waals surface area contributed by atoms with Crippen LogP contribution in [0, 0.1) is 13.8 Å². The van der Waals surface area contributed by atoms with E-state index in [1.165, 1.54) is 201 Å². The summed E-state index contributed by atoms with van der Waals surface area (Å²) in [6.07, 6.45) is 24.3. The zero-order valence-electron chi connectivity index (χ0n) is 79.8. The molecule has 14 aromatic heterocycles. The summed E-state index contributed by atoms with van der Waals surface area (Å²) in [4.78, 5) is 129.